The van der Waals surface area contributed by atoms with Crippen LogP contribution in [0.3, 0.4) is 0 Å². The summed E-state index contributed by atoms with van der Waals surface area (Å²) < 4.78 is 0. The minimum atomic E-state index is 0.0427. The molecular formula is C14H18N2S. The Labute approximate surface area is 107 Å². The highest BCUT2D eigenvalue weighted by Crippen LogP contribution is 2.22. The fourth-order valence-electron chi connectivity index (χ4n) is 2.04. The lowest BCUT2D eigenvalue weighted by Gasteiger charge is -2.14. The second-order valence-electron chi connectivity index (χ2n) is 4.55. The van der Waals surface area contributed by atoms with E-state index in [0.717, 1.165) is 17.1 Å². The lowest BCUT2D eigenvalue weighted by Crippen LogP contribution is -2.14. The number of benzene rings is 1. The van der Waals surface area contributed by atoms with E-state index in [9.17, 15) is 0 Å². The zero-order chi connectivity index (χ0) is 12.4. The summed E-state index contributed by atoms with van der Waals surface area (Å²) in [6, 6.07) is 6.48. The Morgan fingerprint density at radius 3 is 2.65 bits per heavy atom. The minimum Gasteiger partial charge on any atom is -0.324 e. The van der Waals surface area contributed by atoms with Gasteiger partial charge in [0.05, 0.1) is 5.01 Å². The van der Waals surface area contributed by atoms with E-state index in [-0.39, 0.29) is 6.04 Å². The Hall–Kier alpha value is -1.19. The maximum Gasteiger partial charge on any atom is 0.0947 e. The first-order valence-corrected chi connectivity index (χ1v) is 6.68. The average molecular weight is 246 g/mol. The first kappa shape index (κ1) is 12.3. The number of thiazole rings is 1. The average Bonchev–Trinajstić information content (AvgIpc) is 2.63. The molecule has 17 heavy (non-hydrogen) atoms. The fraction of sp³-hybridized carbons (Fsp3) is 0.357. The number of nitrogens with zero attached hydrogens (tertiary/aromatic N) is 1. The monoisotopic (exact) mass is 246 g/mol. The molecular weight excluding hydrogens is 228 g/mol. The summed E-state index contributed by atoms with van der Waals surface area (Å²) in [4.78, 5) is 4.46. The molecule has 0 aliphatic carbocycles. The smallest absolute Gasteiger partial charge is 0.0947 e. The van der Waals surface area contributed by atoms with Crippen molar-refractivity contribution in [2.75, 3.05) is 0 Å². The van der Waals surface area contributed by atoms with Crippen LogP contribution < -0.4 is 5.73 Å². The van der Waals surface area contributed by atoms with Crippen LogP contribution in [0, 0.1) is 20.8 Å². The number of nitrogens with two attached hydrogens (primary N) is 1. The van der Waals surface area contributed by atoms with Gasteiger partial charge in [-0.25, -0.2) is 4.98 Å². The quantitative estimate of drug-likeness (QED) is 0.902. The molecule has 0 spiro atoms. The van der Waals surface area contributed by atoms with Gasteiger partial charge in [0, 0.05) is 23.5 Å². The van der Waals surface area contributed by atoms with Crippen LogP contribution in [0.5, 0.6) is 0 Å². The molecule has 0 fully saturated rings. The van der Waals surface area contributed by atoms with E-state index in [1.165, 1.54) is 16.7 Å². The molecule has 1 aromatic heterocycles. The van der Waals surface area contributed by atoms with Crippen LogP contribution in [0.15, 0.2) is 23.6 Å². The van der Waals surface area contributed by atoms with Crippen molar-refractivity contribution in [3.8, 4) is 0 Å². The zero-order valence-corrected chi connectivity index (χ0v) is 11.3. The van der Waals surface area contributed by atoms with Crippen molar-refractivity contribution in [2.45, 2.75) is 33.2 Å². The summed E-state index contributed by atoms with van der Waals surface area (Å²) in [6.07, 6.45) is 0.822. The molecule has 1 aromatic carbocycles. The summed E-state index contributed by atoms with van der Waals surface area (Å²) in [5, 5.41) is 3.19. The van der Waals surface area contributed by atoms with Gasteiger partial charge in [-0.1, -0.05) is 23.8 Å². The summed E-state index contributed by atoms with van der Waals surface area (Å²) in [7, 11) is 0. The van der Waals surface area contributed by atoms with Crippen LogP contribution in [-0.2, 0) is 6.42 Å². The van der Waals surface area contributed by atoms with Gasteiger partial charge in [0.25, 0.3) is 0 Å². The Morgan fingerprint density at radius 2 is 2.06 bits per heavy atom. The van der Waals surface area contributed by atoms with E-state index in [1.54, 1.807) is 11.3 Å². The van der Waals surface area contributed by atoms with E-state index >= 15 is 0 Å². The molecule has 1 heterocycles. The lowest BCUT2D eigenvalue weighted by atomic mass is 9.98. The number of aryl methyl sites for hydroxylation is 3. The molecule has 2 nitrogen and oxygen atoms in total. The predicted octanol–water partition coefficient (Wildman–Crippen LogP) is 3.31. The lowest BCUT2D eigenvalue weighted by molar-refractivity contribution is 0.711. The van der Waals surface area contributed by atoms with Crippen LogP contribution in [-0.4, -0.2) is 4.98 Å². The molecule has 0 bridgehead atoms. The summed E-state index contributed by atoms with van der Waals surface area (Å²) in [6.45, 7) is 6.24. The third kappa shape index (κ3) is 2.93. The Kier molecular flexibility index (Phi) is 3.60. The molecule has 2 aromatic rings. The first-order chi connectivity index (χ1) is 8.06. The summed E-state index contributed by atoms with van der Waals surface area (Å²) in [5.41, 5.74) is 11.1. The third-order valence-electron chi connectivity index (χ3n) is 2.89. The van der Waals surface area contributed by atoms with Gasteiger partial charge in [-0.3, -0.25) is 0 Å². The second kappa shape index (κ2) is 4.98. The van der Waals surface area contributed by atoms with E-state index < -0.39 is 0 Å². The van der Waals surface area contributed by atoms with Gasteiger partial charge in [-0.2, -0.15) is 0 Å². The largest absolute Gasteiger partial charge is 0.324 e. The minimum absolute atomic E-state index is 0.0427. The van der Waals surface area contributed by atoms with Crippen molar-refractivity contribution in [1.29, 1.82) is 0 Å². The number of aromatic nitrogens is 1. The summed E-state index contributed by atoms with van der Waals surface area (Å²) >= 11 is 1.69. The van der Waals surface area contributed by atoms with Crippen molar-refractivity contribution in [3.05, 3.63) is 51.0 Å². The second-order valence-corrected chi connectivity index (χ2v) is 5.50. The van der Waals surface area contributed by atoms with Gasteiger partial charge in [-0.15, -0.1) is 11.3 Å². The van der Waals surface area contributed by atoms with Gasteiger partial charge in [0.2, 0.25) is 0 Å². The van der Waals surface area contributed by atoms with Crippen molar-refractivity contribution in [3.63, 3.8) is 0 Å². The maximum atomic E-state index is 6.25. The predicted molar refractivity (Wildman–Crippen MR) is 73.4 cm³/mol. The molecule has 0 saturated heterocycles. The first-order valence-electron chi connectivity index (χ1n) is 5.80. The van der Waals surface area contributed by atoms with Crippen molar-refractivity contribution in [1.82, 2.24) is 4.98 Å². The van der Waals surface area contributed by atoms with Gasteiger partial charge in [-0.05, 0) is 31.9 Å². The fourth-order valence-corrected chi connectivity index (χ4v) is 2.87. The molecule has 0 amide bonds. The highest BCUT2D eigenvalue weighted by molar-refractivity contribution is 7.09. The number of hydrogen-bond acceptors (Lipinski definition) is 3. The van der Waals surface area contributed by atoms with Crippen molar-refractivity contribution >= 4 is 11.3 Å². The van der Waals surface area contributed by atoms with Gasteiger partial charge in [0.15, 0.2) is 0 Å². The Morgan fingerprint density at radius 1 is 1.29 bits per heavy atom. The van der Waals surface area contributed by atoms with Gasteiger partial charge >= 0.3 is 0 Å². The molecule has 90 valence electrons. The highest BCUT2D eigenvalue weighted by Gasteiger charge is 2.11. The summed E-state index contributed by atoms with van der Waals surface area (Å²) in [5.74, 6) is 0. The molecule has 1 unspecified atom stereocenters. The van der Waals surface area contributed by atoms with Crippen molar-refractivity contribution in [2.24, 2.45) is 5.73 Å². The SMILES string of the molecule is Cc1ccc(C(N)Cc2nc(C)cs2)c(C)c1. The van der Waals surface area contributed by atoms with Gasteiger partial charge < -0.3 is 5.73 Å². The molecule has 1 atom stereocenters. The van der Waals surface area contributed by atoms with Crippen LogP contribution >= 0.6 is 11.3 Å². The van der Waals surface area contributed by atoms with E-state index in [2.05, 4.69) is 42.4 Å². The standard InChI is InChI=1S/C14H18N2S/c1-9-4-5-12(10(2)6-9)13(15)7-14-16-11(3)8-17-14/h4-6,8,13H,7,15H2,1-3H3. The molecule has 0 aliphatic heterocycles. The highest BCUT2D eigenvalue weighted by atomic mass is 32.1. The van der Waals surface area contributed by atoms with E-state index in [4.69, 9.17) is 5.73 Å². The topological polar surface area (TPSA) is 38.9 Å². The normalized spacial score (nSPS) is 12.7. The van der Waals surface area contributed by atoms with Crippen LogP contribution in [0.1, 0.15) is 33.4 Å². The Bertz CT molecular complexity index is 517. The number of rotatable bonds is 3. The number of hydrogen-bond donors (Lipinski definition) is 1. The van der Waals surface area contributed by atoms with Gasteiger partial charge in [0.1, 0.15) is 0 Å². The van der Waals surface area contributed by atoms with Crippen molar-refractivity contribution < 1.29 is 0 Å². The molecule has 2 rings (SSSR count). The molecule has 0 saturated carbocycles. The molecule has 2 N–H and O–H groups in total. The van der Waals surface area contributed by atoms with E-state index in [1.807, 2.05) is 6.92 Å². The van der Waals surface area contributed by atoms with Crippen LogP contribution in [0.2, 0.25) is 0 Å². The molecule has 0 radical (unpaired) electrons. The van der Waals surface area contributed by atoms with Crippen LogP contribution in [0.25, 0.3) is 0 Å². The molecule has 0 aliphatic rings. The maximum absolute atomic E-state index is 6.25. The Balaban J connectivity index is 2.17. The van der Waals surface area contributed by atoms with Crippen LogP contribution in [0.4, 0.5) is 0 Å². The van der Waals surface area contributed by atoms with E-state index in [0.29, 0.717) is 0 Å². The zero-order valence-electron chi connectivity index (χ0n) is 10.5. The third-order valence-corrected chi connectivity index (χ3v) is 3.87. The molecule has 3 heteroatoms.